The summed E-state index contributed by atoms with van der Waals surface area (Å²) in [6.07, 6.45) is 1.95. The Morgan fingerprint density at radius 1 is 1.12 bits per heavy atom. The number of urea groups is 1. The van der Waals surface area contributed by atoms with Gasteiger partial charge in [0.25, 0.3) is 0 Å². The molecule has 0 saturated carbocycles. The van der Waals surface area contributed by atoms with Crippen LogP contribution in [0.25, 0.3) is 0 Å². The van der Waals surface area contributed by atoms with Crippen LogP contribution in [0.15, 0.2) is 53.6 Å². The highest BCUT2D eigenvalue weighted by Gasteiger charge is 2.40. The summed E-state index contributed by atoms with van der Waals surface area (Å²) in [5, 5.41) is 10.3. The minimum Gasteiger partial charge on any atom is -0.306 e. The number of rotatable bonds is 4. The second-order valence-electron chi connectivity index (χ2n) is 6.76. The lowest BCUT2D eigenvalue weighted by Gasteiger charge is -2.25. The molecule has 1 aliphatic rings. The third-order valence-electron chi connectivity index (χ3n) is 4.54. The predicted octanol–water partition coefficient (Wildman–Crippen LogP) is 6.05. The topological polar surface area (TPSA) is 44.7 Å². The Morgan fingerprint density at radius 2 is 1.69 bits per heavy atom. The summed E-state index contributed by atoms with van der Waals surface area (Å²) in [7, 11) is 0. The molecule has 4 nitrogen and oxygen atoms in total. The largest absolute Gasteiger partial charge is 0.342 e. The zero-order valence-corrected chi connectivity index (χ0v) is 16.3. The van der Waals surface area contributed by atoms with Crippen LogP contribution in [0, 0.1) is 5.41 Å². The van der Waals surface area contributed by atoms with E-state index in [-0.39, 0.29) is 11.4 Å². The Hall–Kier alpha value is -2.04. The Bertz CT molecular complexity index is 818. The minimum atomic E-state index is -0.251. The van der Waals surface area contributed by atoms with Crippen molar-refractivity contribution in [3.05, 3.63) is 64.1 Å². The van der Waals surface area contributed by atoms with Crippen LogP contribution in [0.4, 0.5) is 10.5 Å². The van der Waals surface area contributed by atoms with Crippen molar-refractivity contribution in [2.45, 2.75) is 26.7 Å². The standard InChI is InChI=1S/C20H21Cl2N3O/c1-3-12-20(2)13-25(19(26)23-17-10-8-16(22)9-11-17)24-18(20)14-4-6-15(21)7-5-14/h4-11H,3,12-13H2,1-2H3,(H,23,26). The molecular formula is C20H21Cl2N3O. The van der Waals surface area contributed by atoms with E-state index < -0.39 is 0 Å². The predicted molar refractivity (Wildman–Crippen MR) is 108 cm³/mol. The summed E-state index contributed by atoms with van der Waals surface area (Å²) in [6, 6.07) is 14.4. The maximum atomic E-state index is 12.7. The number of carbonyl (C=O) groups excluding carboxylic acids is 1. The average Bonchev–Trinajstić information content (AvgIpc) is 2.95. The van der Waals surface area contributed by atoms with Gasteiger partial charge in [-0.3, -0.25) is 0 Å². The first-order chi connectivity index (χ1) is 12.4. The summed E-state index contributed by atoms with van der Waals surface area (Å²) in [6.45, 7) is 4.83. The molecule has 0 fully saturated rings. The SMILES string of the molecule is CCCC1(C)CN(C(=O)Nc2ccc(Cl)cc2)N=C1c1ccc(Cl)cc1. The lowest BCUT2D eigenvalue weighted by molar-refractivity contribution is 0.206. The van der Waals surface area contributed by atoms with Gasteiger partial charge in [-0.1, -0.05) is 55.6 Å². The van der Waals surface area contributed by atoms with Gasteiger partial charge in [-0.15, -0.1) is 0 Å². The Labute approximate surface area is 163 Å². The molecule has 0 aromatic heterocycles. The molecule has 1 aliphatic heterocycles. The molecule has 0 aliphatic carbocycles. The monoisotopic (exact) mass is 389 g/mol. The van der Waals surface area contributed by atoms with Crippen molar-refractivity contribution in [1.82, 2.24) is 5.01 Å². The number of hydrogen-bond acceptors (Lipinski definition) is 2. The maximum Gasteiger partial charge on any atom is 0.342 e. The number of nitrogens with zero attached hydrogens (tertiary/aromatic N) is 2. The van der Waals surface area contributed by atoms with E-state index in [2.05, 4.69) is 24.3 Å². The smallest absolute Gasteiger partial charge is 0.306 e. The third kappa shape index (κ3) is 4.02. The molecule has 2 aromatic rings. The second-order valence-corrected chi connectivity index (χ2v) is 7.63. The van der Waals surface area contributed by atoms with Crippen LogP contribution < -0.4 is 5.32 Å². The van der Waals surface area contributed by atoms with Crippen molar-refractivity contribution in [3.8, 4) is 0 Å². The number of benzene rings is 2. The van der Waals surface area contributed by atoms with E-state index in [1.165, 1.54) is 5.01 Å². The molecule has 1 heterocycles. The minimum absolute atomic E-state index is 0.195. The van der Waals surface area contributed by atoms with Crippen LogP contribution in [0.2, 0.25) is 10.0 Å². The Morgan fingerprint density at radius 3 is 2.27 bits per heavy atom. The van der Waals surface area contributed by atoms with Gasteiger partial charge in [0.05, 0.1) is 12.3 Å². The normalized spacial score (nSPS) is 19.4. The molecule has 1 N–H and O–H groups in total. The zero-order chi connectivity index (χ0) is 18.7. The van der Waals surface area contributed by atoms with E-state index in [4.69, 9.17) is 23.2 Å². The van der Waals surface area contributed by atoms with Crippen molar-refractivity contribution in [2.24, 2.45) is 10.5 Å². The lowest BCUT2D eigenvalue weighted by Crippen LogP contribution is -2.35. The fourth-order valence-corrected chi connectivity index (χ4v) is 3.54. The van der Waals surface area contributed by atoms with Crippen molar-refractivity contribution < 1.29 is 4.79 Å². The number of carbonyl (C=O) groups is 1. The first-order valence-corrected chi connectivity index (χ1v) is 9.36. The molecule has 0 radical (unpaired) electrons. The van der Waals surface area contributed by atoms with Crippen LogP contribution in [-0.2, 0) is 0 Å². The summed E-state index contributed by atoms with van der Waals surface area (Å²) < 4.78 is 0. The number of anilines is 1. The number of nitrogens with one attached hydrogen (secondary N) is 1. The Balaban J connectivity index is 1.85. The number of hydrazone groups is 1. The summed E-state index contributed by atoms with van der Waals surface area (Å²) in [5.41, 5.74) is 2.40. The van der Waals surface area contributed by atoms with Gasteiger partial charge in [0.15, 0.2) is 0 Å². The van der Waals surface area contributed by atoms with E-state index in [9.17, 15) is 4.79 Å². The molecule has 1 atom stereocenters. The lowest BCUT2D eigenvalue weighted by atomic mass is 9.78. The van der Waals surface area contributed by atoms with E-state index in [0.717, 1.165) is 24.1 Å². The van der Waals surface area contributed by atoms with Gasteiger partial charge in [-0.05, 0) is 48.4 Å². The highest BCUT2D eigenvalue weighted by Crippen LogP contribution is 2.36. The molecule has 1 unspecified atom stereocenters. The molecule has 3 rings (SSSR count). The molecule has 0 saturated heterocycles. The maximum absolute atomic E-state index is 12.7. The first kappa shape index (κ1) is 18.7. The molecule has 2 aromatic carbocycles. The zero-order valence-electron chi connectivity index (χ0n) is 14.8. The van der Waals surface area contributed by atoms with Crippen LogP contribution >= 0.6 is 23.2 Å². The van der Waals surface area contributed by atoms with Crippen LogP contribution in [0.5, 0.6) is 0 Å². The number of halogens is 2. The summed E-state index contributed by atoms with van der Waals surface area (Å²) >= 11 is 11.9. The molecule has 0 bridgehead atoms. The van der Waals surface area contributed by atoms with Gasteiger partial charge in [-0.25, -0.2) is 9.80 Å². The first-order valence-electron chi connectivity index (χ1n) is 8.60. The van der Waals surface area contributed by atoms with E-state index in [0.29, 0.717) is 22.3 Å². The molecule has 26 heavy (non-hydrogen) atoms. The summed E-state index contributed by atoms with van der Waals surface area (Å²) in [4.78, 5) is 12.7. The van der Waals surface area contributed by atoms with Gasteiger partial charge < -0.3 is 5.32 Å². The molecular weight excluding hydrogens is 369 g/mol. The van der Waals surface area contributed by atoms with Crippen molar-refractivity contribution in [2.75, 3.05) is 11.9 Å². The summed E-state index contributed by atoms with van der Waals surface area (Å²) in [5.74, 6) is 0. The van der Waals surface area contributed by atoms with Crippen molar-refractivity contribution in [1.29, 1.82) is 0 Å². The fourth-order valence-electron chi connectivity index (χ4n) is 3.28. The highest BCUT2D eigenvalue weighted by molar-refractivity contribution is 6.31. The van der Waals surface area contributed by atoms with Crippen molar-refractivity contribution >= 4 is 40.6 Å². The molecule has 0 spiro atoms. The number of hydrogen-bond donors (Lipinski definition) is 1. The molecule has 2 amide bonds. The van der Waals surface area contributed by atoms with Gasteiger partial charge >= 0.3 is 6.03 Å². The third-order valence-corrected chi connectivity index (χ3v) is 5.04. The van der Waals surface area contributed by atoms with E-state index in [1.807, 2.05) is 24.3 Å². The van der Waals surface area contributed by atoms with Gasteiger partial charge in [0.1, 0.15) is 0 Å². The van der Waals surface area contributed by atoms with E-state index >= 15 is 0 Å². The molecule has 6 heteroatoms. The quantitative estimate of drug-likeness (QED) is 0.679. The van der Waals surface area contributed by atoms with Gasteiger partial charge in [0.2, 0.25) is 0 Å². The van der Waals surface area contributed by atoms with Crippen molar-refractivity contribution in [3.63, 3.8) is 0 Å². The highest BCUT2D eigenvalue weighted by atomic mass is 35.5. The van der Waals surface area contributed by atoms with Gasteiger partial charge in [-0.2, -0.15) is 5.10 Å². The van der Waals surface area contributed by atoms with Crippen LogP contribution in [0.3, 0.4) is 0 Å². The van der Waals surface area contributed by atoms with E-state index in [1.54, 1.807) is 24.3 Å². The fraction of sp³-hybridized carbons (Fsp3) is 0.300. The molecule has 136 valence electrons. The van der Waals surface area contributed by atoms with Gasteiger partial charge in [0, 0.05) is 21.1 Å². The number of amides is 2. The average molecular weight is 390 g/mol. The van der Waals surface area contributed by atoms with Crippen LogP contribution in [-0.4, -0.2) is 23.3 Å². The Kier molecular flexibility index (Phi) is 5.54. The van der Waals surface area contributed by atoms with Crippen LogP contribution in [0.1, 0.15) is 32.3 Å². The second kappa shape index (κ2) is 7.68.